The monoisotopic (exact) mass is 206 g/mol. The lowest BCUT2D eigenvalue weighted by Crippen LogP contribution is -2.39. The fourth-order valence-electron chi connectivity index (χ4n) is 1.16. The van der Waals surface area contributed by atoms with E-state index in [-0.39, 0.29) is 11.3 Å². The molecule has 1 rings (SSSR count). The molecule has 0 aromatic heterocycles. The van der Waals surface area contributed by atoms with Crippen LogP contribution in [0.5, 0.6) is 0 Å². The Balaban J connectivity index is 2.24. The van der Waals surface area contributed by atoms with E-state index in [1.165, 1.54) is 0 Å². The van der Waals surface area contributed by atoms with Gasteiger partial charge in [0.1, 0.15) is 0 Å². The number of hydrogen-bond acceptors (Lipinski definition) is 3. The fourth-order valence-corrected chi connectivity index (χ4v) is 2.63. The third-order valence-electron chi connectivity index (χ3n) is 2.11. The summed E-state index contributed by atoms with van der Waals surface area (Å²) in [4.78, 5) is 0. The third-order valence-corrected chi connectivity index (χ3v) is 4.02. The zero-order chi connectivity index (χ0) is 9.90. The summed E-state index contributed by atoms with van der Waals surface area (Å²) in [5, 5.41) is 3.04. The molecule has 0 aliphatic heterocycles. The molecule has 0 saturated heterocycles. The molecule has 0 amide bonds. The Morgan fingerprint density at radius 2 is 2.08 bits per heavy atom. The molecule has 13 heavy (non-hydrogen) atoms. The van der Waals surface area contributed by atoms with Crippen molar-refractivity contribution in [2.45, 2.75) is 38.0 Å². The van der Waals surface area contributed by atoms with Gasteiger partial charge >= 0.3 is 0 Å². The summed E-state index contributed by atoms with van der Waals surface area (Å²) in [5.74, 6) is 0. The molecular weight excluding hydrogens is 188 g/mol. The average molecular weight is 206 g/mol. The molecule has 2 N–H and O–H groups in total. The van der Waals surface area contributed by atoms with Crippen molar-refractivity contribution >= 4 is 10.0 Å². The van der Waals surface area contributed by atoms with Crippen molar-refractivity contribution in [3.63, 3.8) is 0 Å². The van der Waals surface area contributed by atoms with Crippen LogP contribution in [-0.4, -0.2) is 32.8 Å². The van der Waals surface area contributed by atoms with Crippen molar-refractivity contribution in [1.29, 1.82) is 0 Å². The van der Waals surface area contributed by atoms with Crippen molar-refractivity contribution in [3.05, 3.63) is 0 Å². The highest BCUT2D eigenvalue weighted by molar-refractivity contribution is 7.90. The van der Waals surface area contributed by atoms with Crippen molar-refractivity contribution in [1.82, 2.24) is 10.0 Å². The first kappa shape index (κ1) is 10.9. The predicted molar refractivity (Wildman–Crippen MR) is 53.1 cm³/mol. The molecular formula is C8H18N2O2S. The van der Waals surface area contributed by atoms with Crippen LogP contribution in [0.3, 0.4) is 0 Å². The lowest BCUT2D eigenvalue weighted by molar-refractivity contribution is 0.535. The first-order valence-corrected chi connectivity index (χ1v) is 6.32. The van der Waals surface area contributed by atoms with E-state index in [0.29, 0.717) is 6.54 Å². The predicted octanol–water partition coefficient (Wildman–Crippen LogP) is 0.0662. The van der Waals surface area contributed by atoms with Crippen molar-refractivity contribution in [2.24, 2.45) is 0 Å². The molecule has 1 atom stereocenters. The van der Waals surface area contributed by atoms with Crippen LogP contribution in [0.15, 0.2) is 0 Å². The first-order chi connectivity index (χ1) is 6.06. The van der Waals surface area contributed by atoms with Gasteiger partial charge < -0.3 is 5.32 Å². The maximum absolute atomic E-state index is 11.4. The second kappa shape index (κ2) is 4.39. The fraction of sp³-hybridized carbons (Fsp3) is 1.00. The van der Waals surface area contributed by atoms with Gasteiger partial charge in [-0.15, -0.1) is 0 Å². The van der Waals surface area contributed by atoms with Gasteiger partial charge in [-0.25, -0.2) is 13.1 Å². The number of sulfonamides is 1. The van der Waals surface area contributed by atoms with Gasteiger partial charge in [-0.2, -0.15) is 0 Å². The summed E-state index contributed by atoms with van der Waals surface area (Å²) >= 11 is 0. The van der Waals surface area contributed by atoms with E-state index >= 15 is 0 Å². The molecule has 1 saturated carbocycles. The molecule has 0 heterocycles. The maximum Gasteiger partial charge on any atom is 0.214 e. The van der Waals surface area contributed by atoms with E-state index in [2.05, 4.69) is 10.0 Å². The molecule has 0 radical (unpaired) electrons. The molecule has 0 aromatic rings. The minimum Gasteiger partial charge on any atom is -0.313 e. The van der Waals surface area contributed by atoms with Gasteiger partial charge in [0.25, 0.3) is 0 Å². The highest BCUT2D eigenvalue weighted by Gasteiger charge is 2.35. The van der Waals surface area contributed by atoms with Crippen LogP contribution in [0.1, 0.15) is 26.7 Å². The molecule has 1 fully saturated rings. The number of rotatable bonds is 6. The number of likely N-dealkylation sites (N-methyl/N-ethyl adjacent to an activating group) is 1. The van der Waals surface area contributed by atoms with Crippen molar-refractivity contribution in [3.8, 4) is 0 Å². The lowest BCUT2D eigenvalue weighted by Gasteiger charge is -2.12. The van der Waals surface area contributed by atoms with E-state index in [1.54, 1.807) is 0 Å². The van der Waals surface area contributed by atoms with E-state index in [4.69, 9.17) is 0 Å². The van der Waals surface area contributed by atoms with Gasteiger partial charge in [-0.1, -0.05) is 6.92 Å². The normalized spacial score (nSPS) is 20.2. The highest BCUT2D eigenvalue weighted by atomic mass is 32.2. The number of nitrogens with one attached hydrogen (secondary N) is 2. The summed E-state index contributed by atoms with van der Waals surface area (Å²) in [6.45, 7) is 5.34. The summed E-state index contributed by atoms with van der Waals surface area (Å²) in [6.07, 6.45) is 1.65. The largest absolute Gasteiger partial charge is 0.313 e. The van der Waals surface area contributed by atoms with Gasteiger partial charge in [0, 0.05) is 12.6 Å². The zero-order valence-electron chi connectivity index (χ0n) is 8.21. The van der Waals surface area contributed by atoms with Crippen LogP contribution in [0, 0.1) is 0 Å². The van der Waals surface area contributed by atoms with Gasteiger partial charge in [0.15, 0.2) is 0 Å². The minimum absolute atomic E-state index is 0.110. The Hall–Kier alpha value is -0.130. The second-order valence-corrected chi connectivity index (χ2v) is 5.60. The van der Waals surface area contributed by atoms with Gasteiger partial charge in [-0.3, -0.25) is 0 Å². The van der Waals surface area contributed by atoms with Gasteiger partial charge in [0.05, 0.1) is 5.25 Å². The Morgan fingerprint density at radius 3 is 2.54 bits per heavy atom. The Kier molecular flexibility index (Phi) is 3.70. The SMILES string of the molecule is CCN[C@H](C)CNS(=O)(=O)C1CC1. The summed E-state index contributed by atoms with van der Waals surface area (Å²) in [7, 11) is -2.99. The smallest absolute Gasteiger partial charge is 0.214 e. The molecule has 0 unspecified atom stereocenters. The van der Waals surface area contributed by atoms with Crippen LogP contribution in [-0.2, 0) is 10.0 Å². The summed E-state index contributed by atoms with van der Waals surface area (Å²) < 4.78 is 25.3. The van der Waals surface area contributed by atoms with Crippen LogP contribution >= 0.6 is 0 Å². The Morgan fingerprint density at radius 1 is 1.46 bits per heavy atom. The molecule has 0 aromatic carbocycles. The molecule has 4 nitrogen and oxygen atoms in total. The second-order valence-electron chi connectivity index (χ2n) is 3.55. The number of hydrogen-bond donors (Lipinski definition) is 2. The molecule has 1 aliphatic carbocycles. The molecule has 78 valence electrons. The lowest BCUT2D eigenvalue weighted by atomic mass is 10.3. The zero-order valence-corrected chi connectivity index (χ0v) is 9.02. The van der Waals surface area contributed by atoms with Crippen LogP contribution in [0.4, 0.5) is 0 Å². The van der Waals surface area contributed by atoms with Gasteiger partial charge in [-0.05, 0) is 26.3 Å². The first-order valence-electron chi connectivity index (χ1n) is 4.78. The topological polar surface area (TPSA) is 58.2 Å². The molecule has 5 heteroatoms. The van der Waals surface area contributed by atoms with E-state index in [9.17, 15) is 8.42 Å². The van der Waals surface area contributed by atoms with Crippen LogP contribution in [0.25, 0.3) is 0 Å². The average Bonchev–Trinajstić information content (AvgIpc) is 2.84. The van der Waals surface area contributed by atoms with Crippen LogP contribution in [0.2, 0.25) is 0 Å². The summed E-state index contributed by atoms with van der Waals surface area (Å²) in [6, 6.07) is 0.207. The van der Waals surface area contributed by atoms with Crippen molar-refractivity contribution < 1.29 is 8.42 Å². The van der Waals surface area contributed by atoms with E-state index in [1.807, 2.05) is 13.8 Å². The van der Waals surface area contributed by atoms with E-state index in [0.717, 1.165) is 19.4 Å². The van der Waals surface area contributed by atoms with Crippen molar-refractivity contribution in [2.75, 3.05) is 13.1 Å². The molecule has 0 spiro atoms. The standard InChI is InChI=1S/C8H18N2O2S/c1-3-9-7(2)6-10-13(11,12)8-4-5-8/h7-10H,3-6H2,1-2H3/t7-/m1/s1. The third kappa shape index (κ3) is 3.62. The minimum atomic E-state index is -2.99. The molecule has 0 bridgehead atoms. The summed E-state index contributed by atoms with van der Waals surface area (Å²) in [5.41, 5.74) is 0. The Labute approximate surface area is 80.1 Å². The van der Waals surface area contributed by atoms with Gasteiger partial charge in [0.2, 0.25) is 10.0 Å². The highest BCUT2D eigenvalue weighted by Crippen LogP contribution is 2.27. The van der Waals surface area contributed by atoms with Crippen LogP contribution < -0.4 is 10.0 Å². The quantitative estimate of drug-likeness (QED) is 0.646. The van der Waals surface area contributed by atoms with E-state index < -0.39 is 10.0 Å². The molecule has 1 aliphatic rings. The maximum atomic E-state index is 11.4. The Bertz CT molecular complexity index is 247.